The predicted molar refractivity (Wildman–Crippen MR) is 110 cm³/mol. The van der Waals surface area contributed by atoms with Crippen LogP contribution < -0.4 is 5.32 Å². The molecule has 0 aliphatic rings. The monoisotopic (exact) mass is 401 g/mol. The number of nitrogens with one attached hydrogen (secondary N) is 1. The molecule has 3 rings (SSSR count). The van der Waals surface area contributed by atoms with Crippen molar-refractivity contribution in [2.45, 2.75) is 51.2 Å². The molecule has 7 nitrogen and oxygen atoms in total. The van der Waals surface area contributed by atoms with Gasteiger partial charge in [0.05, 0.1) is 12.2 Å². The van der Waals surface area contributed by atoms with Crippen LogP contribution in [-0.4, -0.2) is 34.3 Å². The molecule has 0 aliphatic heterocycles. The third-order valence-corrected chi connectivity index (χ3v) is 5.39. The Balaban J connectivity index is 2.14. The third kappa shape index (κ3) is 4.32. The van der Waals surface area contributed by atoms with Crippen molar-refractivity contribution in [1.82, 2.24) is 19.6 Å². The van der Waals surface area contributed by atoms with Gasteiger partial charge in [-0.05, 0) is 23.8 Å². The van der Waals surface area contributed by atoms with Gasteiger partial charge in [-0.3, -0.25) is 0 Å². The molecule has 2 aromatic heterocycles. The van der Waals surface area contributed by atoms with E-state index in [0.29, 0.717) is 17.5 Å². The van der Waals surface area contributed by atoms with Crippen molar-refractivity contribution in [3.63, 3.8) is 0 Å². The zero-order valence-corrected chi connectivity index (χ0v) is 17.7. The quantitative estimate of drug-likeness (QED) is 0.647. The first-order valence-corrected chi connectivity index (χ1v) is 11.3. The first-order chi connectivity index (χ1) is 13.2. The van der Waals surface area contributed by atoms with Gasteiger partial charge in [-0.1, -0.05) is 58.0 Å². The summed E-state index contributed by atoms with van der Waals surface area (Å²) in [5.74, 6) is 0.980. The van der Waals surface area contributed by atoms with Crippen LogP contribution in [0.1, 0.15) is 57.2 Å². The van der Waals surface area contributed by atoms with E-state index in [1.54, 1.807) is 10.7 Å². The fourth-order valence-electron chi connectivity index (χ4n) is 3.13. The van der Waals surface area contributed by atoms with Crippen molar-refractivity contribution >= 4 is 21.4 Å². The summed E-state index contributed by atoms with van der Waals surface area (Å²) >= 11 is 0. The Morgan fingerprint density at radius 3 is 2.32 bits per heavy atom. The number of nitrogens with zero attached hydrogens (tertiary/aromatic N) is 4. The van der Waals surface area contributed by atoms with Crippen LogP contribution in [0.15, 0.2) is 41.7 Å². The summed E-state index contributed by atoms with van der Waals surface area (Å²) < 4.78 is 26.0. The van der Waals surface area contributed by atoms with Crippen LogP contribution in [0.5, 0.6) is 0 Å². The molecule has 0 unspecified atom stereocenters. The highest BCUT2D eigenvalue weighted by atomic mass is 32.2. The van der Waals surface area contributed by atoms with Gasteiger partial charge in [0, 0.05) is 11.8 Å². The second-order valence-electron chi connectivity index (χ2n) is 7.83. The number of hydrogen-bond acceptors (Lipinski definition) is 6. The van der Waals surface area contributed by atoms with E-state index in [2.05, 4.69) is 46.4 Å². The molecule has 1 aromatic carbocycles. The lowest BCUT2D eigenvalue weighted by Gasteiger charge is -2.22. The summed E-state index contributed by atoms with van der Waals surface area (Å²) in [6, 6.07) is 10.0. The predicted octanol–water partition coefficient (Wildman–Crippen LogP) is 3.85. The standard InChI is InChI=1S/C20H27N5O2S/c1-13(2)11-17(15-9-7-6-8-10-15)22-19-24-20(28(5,26)27)23-18-16(14(3)4)12-21-25(18)19/h6-10,12-14,17H,11H2,1-5H3,(H,22,23,24)/t17-/m0/s1. The molecule has 0 saturated heterocycles. The molecule has 2 heterocycles. The van der Waals surface area contributed by atoms with Gasteiger partial charge in [0.15, 0.2) is 5.65 Å². The van der Waals surface area contributed by atoms with E-state index in [1.165, 1.54) is 0 Å². The van der Waals surface area contributed by atoms with Gasteiger partial charge < -0.3 is 5.32 Å². The fraction of sp³-hybridized carbons (Fsp3) is 0.450. The Bertz CT molecular complexity index is 1060. The zero-order valence-electron chi connectivity index (χ0n) is 16.9. The molecule has 0 saturated carbocycles. The molecular formula is C20H27N5O2S. The summed E-state index contributed by atoms with van der Waals surface area (Å²) in [6.07, 6.45) is 3.71. The highest BCUT2D eigenvalue weighted by molar-refractivity contribution is 7.90. The van der Waals surface area contributed by atoms with Gasteiger partial charge in [0.1, 0.15) is 0 Å². The van der Waals surface area contributed by atoms with Crippen LogP contribution >= 0.6 is 0 Å². The van der Waals surface area contributed by atoms with Crippen molar-refractivity contribution in [1.29, 1.82) is 0 Å². The maximum absolute atomic E-state index is 12.2. The van der Waals surface area contributed by atoms with E-state index in [-0.39, 0.29) is 17.1 Å². The molecular weight excluding hydrogens is 374 g/mol. The highest BCUT2D eigenvalue weighted by Crippen LogP contribution is 2.27. The van der Waals surface area contributed by atoms with Gasteiger partial charge in [-0.25, -0.2) is 8.42 Å². The maximum atomic E-state index is 12.2. The molecule has 0 amide bonds. The number of rotatable bonds is 7. The molecule has 1 atom stereocenters. The average Bonchev–Trinajstić information content (AvgIpc) is 3.05. The molecule has 8 heteroatoms. The number of sulfone groups is 1. The third-order valence-electron chi connectivity index (χ3n) is 4.54. The van der Waals surface area contributed by atoms with E-state index >= 15 is 0 Å². The van der Waals surface area contributed by atoms with E-state index in [1.807, 2.05) is 32.0 Å². The lowest BCUT2D eigenvalue weighted by molar-refractivity contribution is 0.526. The van der Waals surface area contributed by atoms with Gasteiger partial charge >= 0.3 is 0 Å². The van der Waals surface area contributed by atoms with Gasteiger partial charge in [-0.15, -0.1) is 0 Å². The van der Waals surface area contributed by atoms with Crippen LogP contribution in [0.25, 0.3) is 5.65 Å². The summed E-state index contributed by atoms with van der Waals surface area (Å²) in [5, 5.41) is 7.65. The van der Waals surface area contributed by atoms with Gasteiger partial charge in [0.25, 0.3) is 5.16 Å². The summed E-state index contributed by atoms with van der Waals surface area (Å²) in [4.78, 5) is 8.60. The topological polar surface area (TPSA) is 89.2 Å². The molecule has 0 radical (unpaired) electrons. The first kappa shape index (κ1) is 20.3. The van der Waals surface area contributed by atoms with Crippen molar-refractivity contribution < 1.29 is 8.42 Å². The lowest BCUT2D eigenvalue weighted by Crippen LogP contribution is -2.19. The van der Waals surface area contributed by atoms with Crippen molar-refractivity contribution in [3.8, 4) is 0 Å². The Labute approximate surface area is 166 Å². The first-order valence-electron chi connectivity index (χ1n) is 9.44. The Morgan fingerprint density at radius 2 is 1.75 bits per heavy atom. The molecule has 0 spiro atoms. The highest BCUT2D eigenvalue weighted by Gasteiger charge is 2.22. The minimum atomic E-state index is -3.56. The molecule has 1 N–H and O–H groups in total. The number of aromatic nitrogens is 4. The number of benzene rings is 1. The Hall–Kier alpha value is -2.48. The fourth-order valence-corrected chi connectivity index (χ4v) is 3.64. The number of anilines is 1. The van der Waals surface area contributed by atoms with Crippen molar-refractivity contribution in [2.75, 3.05) is 11.6 Å². The normalized spacial score (nSPS) is 13.4. The minimum absolute atomic E-state index is 0.0292. The van der Waals surface area contributed by atoms with Gasteiger partial charge in [-0.2, -0.15) is 19.6 Å². The SMILES string of the molecule is CC(C)C[C@H](Nc1nc(S(C)(=O)=O)nc2c(C(C)C)cnn12)c1ccccc1. The molecule has 150 valence electrons. The summed E-state index contributed by atoms with van der Waals surface area (Å²) in [5.41, 5.74) is 2.51. The number of fused-ring (bicyclic) bond motifs is 1. The lowest BCUT2D eigenvalue weighted by atomic mass is 9.97. The van der Waals surface area contributed by atoms with Gasteiger partial charge in [0.2, 0.25) is 15.8 Å². The van der Waals surface area contributed by atoms with Crippen LogP contribution in [0.3, 0.4) is 0 Å². The molecule has 3 aromatic rings. The van der Waals surface area contributed by atoms with Crippen LogP contribution in [0.4, 0.5) is 5.95 Å². The van der Waals surface area contributed by atoms with E-state index in [9.17, 15) is 8.42 Å². The smallest absolute Gasteiger partial charge is 0.252 e. The Morgan fingerprint density at radius 1 is 1.07 bits per heavy atom. The molecule has 0 fully saturated rings. The largest absolute Gasteiger partial charge is 0.347 e. The van der Waals surface area contributed by atoms with Crippen LogP contribution in [0.2, 0.25) is 0 Å². The van der Waals surface area contributed by atoms with Crippen LogP contribution in [0, 0.1) is 5.92 Å². The Kier molecular flexibility index (Phi) is 5.69. The minimum Gasteiger partial charge on any atom is -0.347 e. The van der Waals surface area contributed by atoms with E-state index < -0.39 is 9.84 Å². The zero-order chi connectivity index (χ0) is 20.5. The molecule has 28 heavy (non-hydrogen) atoms. The van der Waals surface area contributed by atoms with E-state index in [4.69, 9.17) is 0 Å². The second-order valence-corrected chi connectivity index (χ2v) is 9.74. The number of hydrogen-bond donors (Lipinski definition) is 1. The summed E-state index contributed by atoms with van der Waals surface area (Å²) in [7, 11) is -3.56. The summed E-state index contributed by atoms with van der Waals surface area (Å²) in [6.45, 7) is 8.36. The molecule has 0 aliphatic carbocycles. The van der Waals surface area contributed by atoms with Crippen LogP contribution in [-0.2, 0) is 9.84 Å². The molecule has 0 bridgehead atoms. The maximum Gasteiger partial charge on any atom is 0.252 e. The second kappa shape index (κ2) is 7.87. The van der Waals surface area contributed by atoms with Crippen molar-refractivity contribution in [3.05, 3.63) is 47.7 Å². The van der Waals surface area contributed by atoms with E-state index in [0.717, 1.165) is 23.8 Å². The average molecular weight is 402 g/mol. The van der Waals surface area contributed by atoms with Crippen molar-refractivity contribution in [2.24, 2.45) is 5.92 Å².